The van der Waals surface area contributed by atoms with Crippen molar-refractivity contribution >= 4 is 23.4 Å². The van der Waals surface area contributed by atoms with Crippen molar-refractivity contribution < 1.29 is 4.79 Å². The van der Waals surface area contributed by atoms with Crippen LogP contribution < -0.4 is 5.32 Å². The van der Waals surface area contributed by atoms with E-state index in [1.807, 2.05) is 36.0 Å². The Morgan fingerprint density at radius 2 is 2.00 bits per heavy atom. The number of hydrogen-bond acceptors (Lipinski definition) is 2. The van der Waals surface area contributed by atoms with Crippen LogP contribution in [0.4, 0.5) is 5.69 Å². The van der Waals surface area contributed by atoms with E-state index in [4.69, 9.17) is 0 Å². The molecule has 0 fully saturated rings. The molecule has 0 aliphatic rings. The SMILES string of the molecule is CCC(C)Sc1ccc(NC(C)=O)cc1. The van der Waals surface area contributed by atoms with Crippen LogP contribution in [0.1, 0.15) is 27.2 Å². The van der Waals surface area contributed by atoms with Crippen molar-refractivity contribution in [1.29, 1.82) is 0 Å². The average molecular weight is 223 g/mol. The van der Waals surface area contributed by atoms with Gasteiger partial charge in [0, 0.05) is 22.8 Å². The lowest BCUT2D eigenvalue weighted by Crippen LogP contribution is -2.05. The van der Waals surface area contributed by atoms with E-state index in [0.29, 0.717) is 5.25 Å². The molecule has 1 aromatic carbocycles. The Morgan fingerprint density at radius 3 is 2.47 bits per heavy atom. The summed E-state index contributed by atoms with van der Waals surface area (Å²) in [5.74, 6) is -0.0303. The third-order valence-corrected chi connectivity index (χ3v) is 3.37. The molecule has 3 heteroatoms. The standard InChI is InChI=1S/C12H17NOS/c1-4-9(2)15-12-7-5-11(6-8-12)13-10(3)14/h5-9H,4H2,1-3H3,(H,13,14). The van der Waals surface area contributed by atoms with Crippen LogP contribution in [0.5, 0.6) is 0 Å². The van der Waals surface area contributed by atoms with Gasteiger partial charge >= 0.3 is 0 Å². The predicted molar refractivity (Wildman–Crippen MR) is 66.4 cm³/mol. The van der Waals surface area contributed by atoms with Crippen LogP contribution in [-0.2, 0) is 4.79 Å². The Hall–Kier alpha value is -0.960. The van der Waals surface area contributed by atoms with Gasteiger partial charge in [-0.3, -0.25) is 4.79 Å². The molecule has 15 heavy (non-hydrogen) atoms. The summed E-state index contributed by atoms with van der Waals surface area (Å²) in [7, 11) is 0. The van der Waals surface area contributed by atoms with Gasteiger partial charge in [0.05, 0.1) is 0 Å². The molecule has 0 bridgehead atoms. The molecule has 1 N–H and O–H groups in total. The molecule has 0 aliphatic heterocycles. The number of carbonyl (C=O) groups excluding carboxylic acids is 1. The molecule has 0 heterocycles. The zero-order chi connectivity index (χ0) is 11.3. The molecule has 0 radical (unpaired) electrons. The largest absolute Gasteiger partial charge is 0.326 e. The molecule has 1 amide bonds. The first kappa shape index (κ1) is 12.1. The third-order valence-electron chi connectivity index (χ3n) is 2.09. The monoisotopic (exact) mass is 223 g/mol. The molecule has 0 saturated carbocycles. The fourth-order valence-corrected chi connectivity index (χ4v) is 2.06. The molecule has 0 aromatic heterocycles. The van der Waals surface area contributed by atoms with Crippen molar-refractivity contribution in [3.63, 3.8) is 0 Å². The summed E-state index contributed by atoms with van der Waals surface area (Å²) in [5.41, 5.74) is 0.857. The van der Waals surface area contributed by atoms with Crippen molar-refractivity contribution in [1.82, 2.24) is 0 Å². The van der Waals surface area contributed by atoms with E-state index >= 15 is 0 Å². The number of amides is 1. The summed E-state index contributed by atoms with van der Waals surface area (Å²) in [6, 6.07) is 7.96. The second kappa shape index (κ2) is 5.81. The molecule has 0 saturated heterocycles. The number of carbonyl (C=O) groups is 1. The highest BCUT2D eigenvalue weighted by atomic mass is 32.2. The average Bonchev–Trinajstić information content (AvgIpc) is 2.20. The maximum Gasteiger partial charge on any atom is 0.221 e. The Balaban J connectivity index is 2.60. The normalized spacial score (nSPS) is 12.2. The lowest BCUT2D eigenvalue weighted by atomic mass is 10.3. The number of nitrogens with one attached hydrogen (secondary N) is 1. The second-order valence-corrected chi connectivity index (χ2v) is 5.05. The maximum atomic E-state index is 10.8. The van der Waals surface area contributed by atoms with Crippen molar-refractivity contribution in [3.8, 4) is 0 Å². The highest BCUT2D eigenvalue weighted by molar-refractivity contribution is 7.99. The van der Waals surface area contributed by atoms with Gasteiger partial charge < -0.3 is 5.32 Å². The smallest absolute Gasteiger partial charge is 0.221 e. The molecule has 1 rings (SSSR count). The summed E-state index contributed by atoms with van der Waals surface area (Å²) >= 11 is 1.86. The fourth-order valence-electron chi connectivity index (χ4n) is 1.14. The second-order valence-electron chi connectivity index (χ2n) is 3.54. The molecule has 1 unspecified atom stereocenters. The summed E-state index contributed by atoms with van der Waals surface area (Å²) in [4.78, 5) is 12.1. The molecule has 1 atom stereocenters. The van der Waals surface area contributed by atoms with Crippen molar-refractivity contribution in [2.24, 2.45) is 0 Å². The van der Waals surface area contributed by atoms with Crippen LogP contribution >= 0.6 is 11.8 Å². The lowest BCUT2D eigenvalue weighted by molar-refractivity contribution is -0.114. The molecule has 0 spiro atoms. The maximum absolute atomic E-state index is 10.8. The summed E-state index contributed by atoms with van der Waals surface area (Å²) in [5, 5.41) is 3.39. The van der Waals surface area contributed by atoms with Crippen molar-refractivity contribution in [2.75, 3.05) is 5.32 Å². The van der Waals surface area contributed by atoms with Gasteiger partial charge in [-0.05, 0) is 30.7 Å². The van der Waals surface area contributed by atoms with Gasteiger partial charge in [0.25, 0.3) is 0 Å². The molecule has 0 aliphatic carbocycles. The highest BCUT2D eigenvalue weighted by Crippen LogP contribution is 2.25. The Labute approximate surface area is 95.5 Å². The van der Waals surface area contributed by atoms with Crippen LogP contribution in [0.2, 0.25) is 0 Å². The summed E-state index contributed by atoms with van der Waals surface area (Å²) in [6.45, 7) is 5.91. The Morgan fingerprint density at radius 1 is 1.40 bits per heavy atom. The van der Waals surface area contributed by atoms with Crippen LogP contribution in [0.3, 0.4) is 0 Å². The zero-order valence-corrected chi connectivity index (χ0v) is 10.2. The van der Waals surface area contributed by atoms with Gasteiger partial charge in [-0.1, -0.05) is 13.8 Å². The van der Waals surface area contributed by atoms with E-state index in [9.17, 15) is 4.79 Å². The van der Waals surface area contributed by atoms with Gasteiger partial charge in [0.2, 0.25) is 5.91 Å². The topological polar surface area (TPSA) is 29.1 Å². The van der Waals surface area contributed by atoms with Crippen LogP contribution in [0.15, 0.2) is 29.2 Å². The van der Waals surface area contributed by atoms with E-state index in [0.717, 1.165) is 12.1 Å². The van der Waals surface area contributed by atoms with E-state index in [1.54, 1.807) is 0 Å². The van der Waals surface area contributed by atoms with E-state index in [-0.39, 0.29) is 5.91 Å². The number of hydrogen-bond donors (Lipinski definition) is 1. The Kier molecular flexibility index (Phi) is 4.69. The summed E-state index contributed by atoms with van der Waals surface area (Å²) < 4.78 is 0. The minimum Gasteiger partial charge on any atom is -0.326 e. The van der Waals surface area contributed by atoms with Crippen LogP contribution in [0, 0.1) is 0 Å². The number of benzene rings is 1. The predicted octanol–water partition coefficient (Wildman–Crippen LogP) is 3.54. The van der Waals surface area contributed by atoms with Crippen molar-refractivity contribution in [3.05, 3.63) is 24.3 Å². The molecule has 82 valence electrons. The first-order chi connectivity index (χ1) is 7.11. The van der Waals surface area contributed by atoms with Gasteiger partial charge in [0.1, 0.15) is 0 Å². The highest BCUT2D eigenvalue weighted by Gasteiger charge is 2.01. The fraction of sp³-hybridized carbons (Fsp3) is 0.417. The number of anilines is 1. The van der Waals surface area contributed by atoms with Crippen LogP contribution in [0.25, 0.3) is 0 Å². The third kappa shape index (κ3) is 4.38. The molecular weight excluding hydrogens is 206 g/mol. The van der Waals surface area contributed by atoms with Crippen LogP contribution in [-0.4, -0.2) is 11.2 Å². The lowest BCUT2D eigenvalue weighted by Gasteiger charge is -2.08. The van der Waals surface area contributed by atoms with E-state index in [1.165, 1.54) is 11.8 Å². The molecular formula is C12H17NOS. The van der Waals surface area contributed by atoms with Gasteiger partial charge in [-0.15, -0.1) is 11.8 Å². The minimum absolute atomic E-state index is 0.0303. The number of thioether (sulfide) groups is 1. The van der Waals surface area contributed by atoms with Gasteiger partial charge in [-0.2, -0.15) is 0 Å². The van der Waals surface area contributed by atoms with Crippen molar-refractivity contribution in [2.45, 2.75) is 37.3 Å². The minimum atomic E-state index is -0.0303. The first-order valence-electron chi connectivity index (χ1n) is 5.16. The van der Waals surface area contributed by atoms with E-state index in [2.05, 4.69) is 19.2 Å². The van der Waals surface area contributed by atoms with Gasteiger partial charge in [0.15, 0.2) is 0 Å². The molecule has 2 nitrogen and oxygen atoms in total. The first-order valence-corrected chi connectivity index (χ1v) is 6.04. The number of rotatable bonds is 4. The summed E-state index contributed by atoms with van der Waals surface area (Å²) in [6.07, 6.45) is 1.16. The quantitative estimate of drug-likeness (QED) is 0.791. The Bertz CT molecular complexity index is 321. The van der Waals surface area contributed by atoms with Gasteiger partial charge in [-0.25, -0.2) is 0 Å². The molecule has 1 aromatic rings. The van der Waals surface area contributed by atoms with E-state index < -0.39 is 0 Å². The zero-order valence-electron chi connectivity index (χ0n) is 9.41.